The van der Waals surface area contributed by atoms with Gasteiger partial charge in [-0.1, -0.05) is 65.8 Å². The molecule has 1 aliphatic carbocycles. The molecule has 1 atom stereocenters. The molecule has 3 heteroatoms. The molecule has 0 aromatic heterocycles. The van der Waals surface area contributed by atoms with Crippen molar-refractivity contribution in [2.45, 2.75) is 38.4 Å². The molecule has 3 rings (SSSR count). The maximum atomic E-state index is 9.28. The summed E-state index contributed by atoms with van der Waals surface area (Å²) in [5, 5.41) is 12.8. The number of nitrogens with zero attached hydrogens (tertiary/aromatic N) is 2. The summed E-state index contributed by atoms with van der Waals surface area (Å²) in [6, 6.07) is 21.2. The van der Waals surface area contributed by atoms with Crippen molar-refractivity contribution in [3.05, 3.63) is 71.8 Å². The van der Waals surface area contributed by atoms with E-state index in [2.05, 4.69) is 58.6 Å². The maximum absolute atomic E-state index is 9.28. The largest absolute Gasteiger partial charge is 0.411 e. The number of hydrogen-bond acceptors (Lipinski definition) is 3. The van der Waals surface area contributed by atoms with Crippen molar-refractivity contribution in [2.24, 2.45) is 5.16 Å². The van der Waals surface area contributed by atoms with E-state index in [1.165, 1.54) is 11.1 Å². The van der Waals surface area contributed by atoms with Gasteiger partial charge >= 0.3 is 0 Å². The smallest absolute Gasteiger partial charge is 0.0742 e. The zero-order chi connectivity index (χ0) is 15.2. The number of oxime groups is 1. The van der Waals surface area contributed by atoms with E-state index in [-0.39, 0.29) is 6.04 Å². The van der Waals surface area contributed by atoms with E-state index in [0.717, 1.165) is 38.1 Å². The average Bonchev–Trinajstić information content (AvgIpc) is 3.05. The summed E-state index contributed by atoms with van der Waals surface area (Å²) < 4.78 is 0. The molecule has 0 radical (unpaired) electrons. The summed E-state index contributed by atoms with van der Waals surface area (Å²) in [5.74, 6) is 0. The van der Waals surface area contributed by atoms with Crippen LogP contribution in [0, 0.1) is 0 Å². The maximum Gasteiger partial charge on any atom is 0.0742 e. The van der Waals surface area contributed by atoms with Gasteiger partial charge in [0.25, 0.3) is 0 Å². The van der Waals surface area contributed by atoms with Crippen LogP contribution >= 0.6 is 0 Å². The Morgan fingerprint density at radius 2 is 1.45 bits per heavy atom. The Morgan fingerprint density at radius 1 is 0.909 bits per heavy atom. The summed E-state index contributed by atoms with van der Waals surface area (Å²) in [5.41, 5.74) is 3.51. The molecule has 1 saturated carbocycles. The summed E-state index contributed by atoms with van der Waals surface area (Å²) in [4.78, 5) is 2.42. The monoisotopic (exact) mass is 294 g/mol. The molecule has 22 heavy (non-hydrogen) atoms. The summed E-state index contributed by atoms with van der Waals surface area (Å²) in [6.07, 6.45) is 3.07. The van der Waals surface area contributed by atoms with E-state index in [0.29, 0.717) is 0 Å². The van der Waals surface area contributed by atoms with Crippen LogP contribution in [-0.4, -0.2) is 21.9 Å². The Bertz CT molecular complexity index is 568. The van der Waals surface area contributed by atoms with Gasteiger partial charge in [-0.3, -0.25) is 4.90 Å². The highest BCUT2D eigenvalue weighted by Gasteiger charge is 2.29. The first-order valence-corrected chi connectivity index (χ1v) is 7.89. The molecule has 0 amide bonds. The molecule has 3 nitrogen and oxygen atoms in total. The Balaban J connectivity index is 1.81. The fraction of sp³-hybridized carbons (Fsp3) is 0.316. The Hall–Kier alpha value is -2.13. The zero-order valence-corrected chi connectivity index (χ0v) is 12.7. The molecular formula is C19H22N2O. The Morgan fingerprint density at radius 3 is 1.95 bits per heavy atom. The van der Waals surface area contributed by atoms with E-state index < -0.39 is 0 Å². The molecule has 0 heterocycles. The Kier molecular flexibility index (Phi) is 4.86. The van der Waals surface area contributed by atoms with Gasteiger partial charge in [-0.15, -0.1) is 0 Å². The van der Waals surface area contributed by atoms with Crippen LogP contribution in [0.2, 0.25) is 0 Å². The van der Waals surface area contributed by atoms with Crippen LogP contribution in [0.25, 0.3) is 0 Å². The second-order valence-electron chi connectivity index (χ2n) is 5.88. The molecule has 0 spiro atoms. The quantitative estimate of drug-likeness (QED) is 0.666. The van der Waals surface area contributed by atoms with Gasteiger partial charge in [-0.05, 0) is 30.4 Å². The predicted molar refractivity (Wildman–Crippen MR) is 89.0 cm³/mol. The van der Waals surface area contributed by atoms with Crippen molar-refractivity contribution in [3.8, 4) is 0 Å². The van der Waals surface area contributed by atoms with Crippen LogP contribution in [0.15, 0.2) is 65.8 Å². The standard InChI is InChI=1S/C19H22N2O/c22-20-18-12-7-13-19(18)21(14-16-8-3-1-4-9-16)15-17-10-5-2-6-11-17/h1-6,8-11,19,22H,7,12-15H2/b20-18-. The van der Waals surface area contributed by atoms with Crippen molar-refractivity contribution in [1.29, 1.82) is 0 Å². The average molecular weight is 294 g/mol. The second-order valence-corrected chi connectivity index (χ2v) is 5.88. The van der Waals surface area contributed by atoms with Crippen molar-refractivity contribution >= 4 is 5.71 Å². The van der Waals surface area contributed by atoms with Crippen molar-refractivity contribution < 1.29 is 5.21 Å². The minimum atomic E-state index is 0.241. The fourth-order valence-corrected chi connectivity index (χ4v) is 3.23. The lowest BCUT2D eigenvalue weighted by Crippen LogP contribution is -2.37. The van der Waals surface area contributed by atoms with Crippen LogP contribution in [0.4, 0.5) is 0 Å². The minimum absolute atomic E-state index is 0.241. The molecule has 0 saturated heterocycles. The number of rotatable bonds is 5. The van der Waals surface area contributed by atoms with Gasteiger partial charge in [0.1, 0.15) is 0 Å². The highest BCUT2D eigenvalue weighted by molar-refractivity contribution is 5.90. The third kappa shape index (κ3) is 3.55. The molecule has 114 valence electrons. The zero-order valence-electron chi connectivity index (χ0n) is 12.7. The van der Waals surface area contributed by atoms with E-state index in [1.807, 2.05) is 12.1 Å². The van der Waals surface area contributed by atoms with Gasteiger partial charge in [-0.2, -0.15) is 0 Å². The second kappa shape index (κ2) is 7.23. The van der Waals surface area contributed by atoms with E-state index in [1.54, 1.807) is 0 Å². The summed E-state index contributed by atoms with van der Waals surface area (Å²) in [6.45, 7) is 1.75. The molecular weight excluding hydrogens is 272 g/mol. The van der Waals surface area contributed by atoms with Crippen LogP contribution in [-0.2, 0) is 13.1 Å². The molecule has 2 aromatic rings. The van der Waals surface area contributed by atoms with Crippen LogP contribution in [0.5, 0.6) is 0 Å². The van der Waals surface area contributed by atoms with Crippen LogP contribution < -0.4 is 0 Å². The normalized spacial score (nSPS) is 19.9. The van der Waals surface area contributed by atoms with Gasteiger partial charge in [0.15, 0.2) is 0 Å². The van der Waals surface area contributed by atoms with Gasteiger partial charge in [-0.25, -0.2) is 0 Å². The lowest BCUT2D eigenvalue weighted by Gasteiger charge is -2.29. The molecule has 2 aromatic carbocycles. The van der Waals surface area contributed by atoms with Gasteiger partial charge in [0, 0.05) is 13.1 Å². The van der Waals surface area contributed by atoms with E-state index in [9.17, 15) is 5.21 Å². The topological polar surface area (TPSA) is 35.8 Å². The first-order chi connectivity index (χ1) is 10.9. The molecule has 0 bridgehead atoms. The molecule has 0 aliphatic heterocycles. The molecule has 1 unspecified atom stereocenters. The third-order valence-electron chi connectivity index (χ3n) is 4.32. The Labute approximate surface area is 131 Å². The minimum Gasteiger partial charge on any atom is -0.411 e. The van der Waals surface area contributed by atoms with Crippen molar-refractivity contribution in [2.75, 3.05) is 0 Å². The highest BCUT2D eigenvalue weighted by atomic mass is 16.4. The van der Waals surface area contributed by atoms with Crippen LogP contribution in [0.1, 0.15) is 30.4 Å². The van der Waals surface area contributed by atoms with E-state index in [4.69, 9.17) is 0 Å². The number of hydrogen-bond donors (Lipinski definition) is 1. The lowest BCUT2D eigenvalue weighted by atomic mass is 10.1. The SMILES string of the molecule is O/N=C1/CCCC1N(Cc1ccccc1)Cc1ccccc1. The fourth-order valence-electron chi connectivity index (χ4n) is 3.23. The summed E-state index contributed by atoms with van der Waals surface area (Å²) in [7, 11) is 0. The molecule has 1 aliphatic rings. The van der Waals surface area contributed by atoms with Crippen molar-refractivity contribution in [1.82, 2.24) is 4.90 Å². The third-order valence-corrected chi connectivity index (χ3v) is 4.32. The number of benzene rings is 2. The van der Waals surface area contributed by atoms with Gasteiger partial charge in [0.2, 0.25) is 0 Å². The van der Waals surface area contributed by atoms with Gasteiger partial charge in [0.05, 0.1) is 11.8 Å². The van der Waals surface area contributed by atoms with E-state index >= 15 is 0 Å². The molecule has 1 fully saturated rings. The lowest BCUT2D eigenvalue weighted by molar-refractivity contribution is 0.216. The molecule has 1 N–H and O–H groups in total. The predicted octanol–water partition coefficient (Wildman–Crippen LogP) is 4.07. The highest BCUT2D eigenvalue weighted by Crippen LogP contribution is 2.25. The van der Waals surface area contributed by atoms with Crippen LogP contribution in [0.3, 0.4) is 0 Å². The van der Waals surface area contributed by atoms with Crippen molar-refractivity contribution in [3.63, 3.8) is 0 Å². The van der Waals surface area contributed by atoms with Gasteiger partial charge < -0.3 is 5.21 Å². The summed E-state index contributed by atoms with van der Waals surface area (Å²) >= 11 is 0. The first-order valence-electron chi connectivity index (χ1n) is 7.89. The first kappa shape index (κ1) is 14.8.